The van der Waals surface area contributed by atoms with Gasteiger partial charge in [-0.2, -0.15) is 4.98 Å². The van der Waals surface area contributed by atoms with Crippen LogP contribution in [0.25, 0.3) is 0 Å². The average molecular weight is 373 g/mol. The zero-order valence-electron chi connectivity index (χ0n) is 15.4. The lowest BCUT2D eigenvalue weighted by Crippen LogP contribution is -2.25. The van der Waals surface area contributed by atoms with Crippen LogP contribution in [0.1, 0.15) is 53.5 Å². The maximum Gasteiger partial charge on any atom is 0.274 e. The van der Waals surface area contributed by atoms with Gasteiger partial charge in [-0.3, -0.25) is 4.79 Å². The molecule has 0 aliphatic heterocycles. The highest BCUT2D eigenvalue weighted by atomic mass is 16.5. The van der Waals surface area contributed by atoms with Crippen LogP contribution in [-0.4, -0.2) is 40.3 Å². The molecule has 0 spiro atoms. The largest absolute Gasteiger partial charge is 0.501 e. The average Bonchev–Trinajstić information content (AvgIpc) is 3.22. The minimum absolute atomic E-state index is 0.0986. The molecule has 0 radical (unpaired) electrons. The number of amides is 1. The van der Waals surface area contributed by atoms with Gasteiger partial charge in [-0.05, 0) is 18.9 Å². The van der Waals surface area contributed by atoms with Gasteiger partial charge in [-0.25, -0.2) is 4.98 Å². The lowest BCUT2D eigenvalue weighted by atomic mass is 10.1. The van der Waals surface area contributed by atoms with E-state index in [0.29, 0.717) is 22.9 Å². The highest BCUT2D eigenvalue weighted by Gasteiger charge is 2.25. The van der Waals surface area contributed by atoms with Crippen molar-refractivity contribution in [3.05, 3.63) is 35.3 Å². The summed E-state index contributed by atoms with van der Waals surface area (Å²) in [5.74, 6) is -0.234. The van der Waals surface area contributed by atoms with Crippen LogP contribution in [-0.2, 0) is 6.54 Å². The van der Waals surface area contributed by atoms with Crippen molar-refractivity contribution in [2.75, 3.05) is 14.2 Å². The molecule has 27 heavy (non-hydrogen) atoms. The molecule has 3 rings (SSSR count). The number of nitrogens with zero attached hydrogens (tertiary/aromatic N) is 2. The van der Waals surface area contributed by atoms with Gasteiger partial charge in [-0.15, -0.1) is 0 Å². The predicted molar refractivity (Wildman–Crippen MR) is 97.3 cm³/mol. The van der Waals surface area contributed by atoms with Crippen LogP contribution in [0.5, 0.6) is 23.1 Å². The van der Waals surface area contributed by atoms with Crippen molar-refractivity contribution in [3.8, 4) is 23.1 Å². The van der Waals surface area contributed by atoms with Gasteiger partial charge in [0.05, 0.1) is 14.2 Å². The number of carbonyl (C=O) groups is 1. The van der Waals surface area contributed by atoms with Crippen LogP contribution in [0.2, 0.25) is 0 Å². The molecule has 0 unspecified atom stereocenters. The van der Waals surface area contributed by atoms with Gasteiger partial charge < -0.3 is 25.0 Å². The summed E-state index contributed by atoms with van der Waals surface area (Å²) < 4.78 is 10.6. The number of aromatic hydroxyl groups is 2. The number of benzene rings is 1. The first-order chi connectivity index (χ1) is 13.0. The SMILES string of the molecule is COc1cccc(CNC(=O)c2nc(C3CCCC3)nc(O)c2O)c1OC. The zero-order chi connectivity index (χ0) is 19.4. The summed E-state index contributed by atoms with van der Waals surface area (Å²) in [5.41, 5.74) is 0.477. The van der Waals surface area contributed by atoms with Crippen LogP contribution in [0.3, 0.4) is 0 Å². The molecule has 1 saturated carbocycles. The minimum atomic E-state index is -0.619. The third kappa shape index (κ3) is 3.89. The van der Waals surface area contributed by atoms with Crippen LogP contribution in [0.15, 0.2) is 18.2 Å². The molecule has 8 heteroatoms. The Bertz CT molecular complexity index is 834. The number of aromatic nitrogens is 2. The molecular formula is C19H23N3O5. The fraction of sp³-hybridized carbons (Fsp3) is 0.421. The summed E-state index contributed by atoms with van der Waals surface area (Å²) in [6, 6.07) is 5.34. The van der Waals surface area contributed by atoms with Crippen molar-refractivity contribution in [2.24, 2.45) is 0 Å². The van der Waals surface area contributed by atoms with Gasteiger partial charge in [0, 0.05) is 18.0 Å². The van der Waals surface area contributed by atoms with Gasteiger partial charge in [0.2, 0.25) is 5.75 Å². The van der Waals surface area contributed by atoms with Crippen LogP contribution in [0, 0.1) is 0 Å². The van der Waals surface area contributed by atoms with Crippen molar-refractivity contribution >= 4 is 5.91 Å². The Kier molecular flexibility index (Phi) is 5.63. The molecule has 1 aromatic carbocycles. The Morgan fingerprint density at radius 3 is 2.59 bits per heavy atom. The second kappa shape index (κ2) is 8.11. The number of hydrogen-bond donors (Lipinski definition) is 3. The second-order valence-electron chi connectivity index (χ2n) is 6.42. The Hall–Kier alpha value is -3.03. The van der Waals surface area contributed by atoms with Crippen molar-refractivity contribution in [1.29, 1.82) is 0 Å². The maximum atomic E-state index is 12.6. The molecule has 1 fully saturated rings. The third-order valence-corrected chi connectivity index (χ3v) is 4.74. The summed E-state index contributed by atoms with van der Waals surface area (Å²) in [4.78, 5) is 20.7. The number of para-hydroxylation sites is 1. The first-order valence-electron chi connectivity index (χ1n) is 8.83. The molecule has 1 aliphatic rings. The van der Waals surface area contributed by atoms with Crippen molar-refractivity contribution in [2.45, 2.75) is 38.1 Å². The molecule has 2 aromatic rings. The molecule has 1 aliphatic carbocycles. The van der Waals surface area contributed by atoms with Crippen molar-refractivity contribution in [1.82, 2.24) is 15.3 Å². The maximum absolute atomic E-state index is 12.6. The van der Waals surface area contributed by atoms with Gasteiger partial charge in [0.1, 0.15) is 5.82 Å². The number of hydrogen-bond acceptors (Lipinski definition) is 7. The standard InChI is InChI=1S/C19H23N3O5/c1-26-13-9-5-8-12(16(13)27-2)10-20-18(24)14-15(23)19(25)22-17(21-14)11-6-3-4-7-11/h5,8-9,11,23H,3-4,6-7,10H2,1-2H3,(H,20,24)(H,21,22,25). The molecular weight excluding hydrogens is 350 g/mol. The minimum Gasteiger partial charge on any atom is -0.501 e. The Balaban J connectivity index is 1.80. The molecule has 8 nitrogen and oxygen atoms in total. The van der Waals surface area contributed by atoms with Crippen LogP contribution >= 0.6 is 0 Å². The molecule has 1 heterocycles. The van der Waals surface area contributed by atoms with E-state index in [0.717, 1.165) is 25.7 Å². The Morgan fingerprint density at radius 1 is 1.19 bits per heavy atom. The Labute approximate surface area is 157 Å². The van der Waals surface area contributed by atoms with Gasteiger partial charge in [0.15, 0.2) is 17.2 Å². The number of methoxy groups -OCH3 is 2. The van der Waals surface area contributed by atoms with Crippen LogP contribution < -0.4 is 14.8 Å². The highest BCUT2D eigenvalue weighted by Crippen LogP contribution is 2.35. The van der Waals surface area contributed by atoms with E-state index < -0.39 is 17.5 Å². The second-order valence-corrected chi connectivity index (χ2v) is 6.42. The van der Waals surface area contributed by atoms with Gasteiger partial charge in [-0.1, -0.05) is 25.0 Å². The summed E-state index contributed by atoms with van der Waals surface area (Å²) >= 11 is 0. The highest BCUT2D eigenvalue weighted by molar-refractivity contribution is 5.95. The fourth-order valence-corrected chi connectivity index (χ4v) is 3.34. The molecule has 0 saturated heterocycles. The van der Waals surface area contributed by atoms with E-state index >= 15 is 0 Å². The molecule has 3 N–H and O–H groups in total. The van der Waals surface area contributed by atoms with Gasteiger partial charge in [0.25, 0.3) is 11.8 Å². The fourth-order valence-electron chi connectivity index (χ4n) is 3.34. The summed E-state index contributed by atoms with van der Waals surface area (Å²) in [7, 11) is 3.05. The van der Waals surface area contributed by atoms with Gasteiger partial charge >= 0.3 is 0 Å². The first-order valence-corrected chi connectivity index (χ1v) is 8.83. The van der Waals surface area contributed by atoms with E-state index in [9.17, 15) is 15.0 Å². The van der Waals surface area contributed by atoms with Crippen LogP contribution in [0.4, 0.5) is 0 Å². The van der Waals surface area contributed by atoms with E-state index in [1.807, 2.05) is 0 Å². The monoisotopic (exact) mass is 373 g/mol. The van der Waals surface area contributed by atoms with E-state index in [1.54, 1.807) is 18.2 Å². The number of nitrogens with one attached hydrogen (secondary N) is 1. The Morgan fingerprint density at radius 2 is 1.93 bits per heavy atom. The third-order valence-electron chi connectivity index (χ3n) is 4.74. The zero-order valence-corrected chi connectivity index (χ0v) is 15.4. The number of carbonyl (C=O) groups excluding carboxylic acids is 1. The summed E-state index contributed by atoms with van der Waals surface area (Å²) in [6.07, 6.45) is 3.94. The van der Waals surface area contributed by atoms with E-state index in [-0.39, 0.29) is 18.2 Å². The topological polar surface area (TPSA) is 114 Å². The summed E-state index contributed by atoms with van der Waals surface area (Å²) in [5, 5.41) is 22.6. The first kappa shape index (κ1) is 18.8. The number of rotatable bonds is 6. The molecule has 1 amide bonds. The summed E-state index contributed by atoms with van der Waals surface area (Å²) in [6.45, 7) is 0.141. The normalized spacial score (nSPS) is 14.1. The van der Waals surface area contributed by atoms with E-state index in [1.165, 1.54) is 14.2 Å². The smallest absolute Gasteiger partial charge is 0.274 e. The molecule has 1 aromatic heterocycles. The van der Waals surface area contributed by atoms with E-state index in [4.69, 9.17) is 9.47 Å². The van der Waals surface area contributed by atoms with Crippen molar-refractivity contribution in [3.63, 3.8) is 0 Å². The lowest BCUT2D eigenvalue weighted by Gasteiger charge is -2.14. The lowest BCUT2D eigenvalue weighted by molar-refractivity contribution is 0.0941. The number of ether oxygens (including phenoxy) is 2. The quantitative estimate of drug-likeness (QED) is 0.713. The van der Waals surface area contributed by atoms with E-state index in [2.05, 4.69) is 15.3 Å². The van der Waals surface area contributed by atoms with Crippen molar-refractivity contribution < 1.29 is 24.5 Å². The molecule has 0 bridgehead atoms. The molecule has 144 valence electrons. The molecule has 0 atom stereocenters. The predicted octanol–water partition coefficient (Wildman–Crippen LogP) is 2.49.